The Kier molecular flexibility index (Phi) is 8.62. The predicted molar refractivity (Wildman–Crippen MR) is 85.3 cm³/mol. The van der Waals surface area contributed by atoms with Crippen molar-refractivity contribution in [1.82, 2.24) is 10.6 Å². The van der Waals surface area contributed by atoms with Crippen LogP contribution in [-0.2, 0) is 0 Å². The summed E-state index contributed by atoms with van der Waals surface area (Å²) in [4.78, 5) is 12.1. The zero-order valence-electron chi connectivity index (χ0n) is 12.2. The van der Waals surface area contributed by atoms with Crippen molar-refractivity contribution in [3.63, 3.8) is 0 Å². The molecule has 20 heavy (non-hydrogen) atoms. The highest BCUT2D eigenvalue weighted by atomic mass is 35.5. The van der Waals surface area contributed by atoms with Gasteiger partial charge in [-0.15, -0.1) is 12.4 Å². The van der Waals surface area contributed by atoms with Crippen LogP contribution in [-0.4, -0.2) is 31.6 Å². The van der Waals surface area contributed by atoms with Crippen molar-refractivity contribution in [2.75, 3.05) is 13.6 Å². The van der Waals surface area contributed by atoms with Gasteiger partial charge in [0.05, 0.1) is 11.7 Å². The van der Waals surface area contributed by atoms with Crippen molar-refractivity contribution in [1.29, 1.82) is 0 Å². The molecule has 0 aliphatic heterocycles. The van der Waals surface area contributed by atoms with E-state index in [4.69, 9.17) is 16.3 Å². The summed E-state index contributed by atoms with van der Waals surface area (Å²) in [5.74, 6) is 0.370. The molecule has 1 aromatic rings. The van der Waals surface area contributed by atoms with Crippen molar-refractivity contribution in [2.45, 2.75) is 32.9 Å². The molecule has 1 amide bonds. The molecule has 0 saturated heterocycles. The Bertz CT molecular complexity index is 439. The van der Waals surface area contributed by atoms with E-state index in [9.17, 15) is 4.79 Å². The fraction of sp³-hybridized carbons (Fsp3) is 0.500. The minimum absolute atomic E-state index is 0. The minimum atomic E-state index is -0.180. The van der Waals surface area contributed by atoms with E-state index >= 15 is 0 Å². The van der Waals surface area contributed by atoms with Crippen LogP contribution >= 0.6 is 24.0 Å². The number of rotatable bonds is 6. The van der Waals surface area contributed by atoms with Crippen LogP contribution in [0.2, 0.25) is 5.02 Å². The number of benzene rings is 1. The summed E-state index contributed by atoms with van der Waals surface area (Å²) in [5.41, 5.74) is 0.463. The van der Waals surface area contributed by atoms with Gasteiger partial charge in [0, 0.05) is 17.6 Å². The second-order valence-electron chi connectivity index (χ2n) is 4.71. The lowest BCUT2D eigenvalue weighted by Crippen LogP contribution is -2.37. The number of carbonyl (C=O) groups is 1. The molecule has 0 aliphatic carbocycles. The average Bonchev–Trinajstić information content (AvgIpc) is 2.37. The fourth-order valence-corrected chi connectivity index (χ4v) is 1.65. The van der Waals surface area contributed by atoms with Gasteiger partial charge in [-0.3, -0.25) is 4.79 Å². The first-order chi connectivity index (χ1) is 8.93. The van der Waals surface area contributed by atoms with Gasteiger partial charge in [0.25, 0.3) is 5.91 Å². The highest BCUT2D eigenvalue weighted by Crippen LogP contribution is 2.23. The number of nitrogens with one attached hydrogen (secondary N) is 2. The second kappa shape index (κ2) is 9.06. The van der Waals surface area contributed by atoms with Gasteiger partial charge >= 0.3 is 0 Å². The highest BCUT2D eigenvalue weighted by Gasteiger charge is 2.14. The maximum Gasteiger partial charge on any atom is 0.255 e. The molecule has 0 spiro atoms. The number of carbonyl (C=O) groups excluding carboxylic acids is 1. The lowest BCUT2D eigenvalue weighted by Gasteiger charge is -2.16. The Morgan fingerprint density at radius 2 is 2.00 bits per heavy atom. The van der Waals surface area contributed by atoms with Gasteiger partial charge in [0.1, 0.15) is 5.75 Å². The van der Waals surface area contributed by atoms with Crippen molar-refractivity contribution >= 4 is 29.9 Å². The molecule has 0 fully saturated rings. The molecular weight excluding hydrogens is 299 g/mol. The van der Waals surface area contributed by atoms with Crippen LogP contribution in [0.1, 0.15) is 31.1 Å². The zero-order valence-corrected chi connectivity index (χ0v) is 13.8. The van der Waals surface area contributed by atoms with Gasteiger partial charge in [0.2, 0.25) is 0 Å². The van der Waals surface area contributed by atoms with Crippen molar-refractivity contribution < 1.29 is 9.53 Å². The first kappa shape index (κ1) is 19.0. The van der Waals surface area contributed by atoms with Crippen molar-refractivity contribution in [3.05, 3.63) is 28.8 Å². The summed E-state index contributed by atoms with van der Waals surface area (Å²) < 4.78 is 5.62. The Morgan fingerprint density at radius 1 is 1.35 bits per heavy atom. The average molecular weight is 321 g/mol. The summed E-state index contributed by atoms with van der Waals surface area (Å²) in [5, 5.41) is 6.42. The molecule has 6 heteroatoms. The van der Waals surface area contributed by atoms with Crippen LogP contribution in [0.15, 0.2) is 18.2 Å². The first-order valence-corrected chi connectivity index (χ1v) is 6.73. The third-order valence-electron chi connectivity index (χ3n) is 2.61. The van der Waals surface area contributed by atoms with E-state index in [0.717, 1.165) is 0 Å². The van der Waals surface area contributed by atoms with Gasteiger partial charge in [-0.05, 0) is 46.0 Å². The van der Waals surface area contributed by atoms with Gasteiger partial charge in [-0.25, -0.2) is 0 Å². The maximum atomic E-state index is 12.1. The van der Waals surface area contributed by atoms with E-state index in [1.165, 1.54) is 0 Å². The molecule has 1 unspecified atom stereocenters. The number of likely N-dealkylation sites (N-methyl/N-ethyl adjacent to an activating group) is 1. The molecule has 0 heterocycles. The Hall–Kier alpha value is -0.970. The van der Waals surface area contributed by atoms with Crippen LogP contribution in [0.4, 0.5) is 0 Å². The van der Waals surface area contributed by atoms with E-state index in [0.29, 0.717) is 22.9 Å². The van der Waals surface area contributed by atoms with E-state index in [-0.39, 0.29) is 30.5 Å². The van der Waals surface area contributed by atoms with Crippen LogP contribution in [0.5, 0.6) is 5.75 Å². The molecule has 1 aromatic carbocycles. The number of hydrogen-bond acceptors (Lipinski definition) is 3. The summed E-state index contributed by atoms with van der Waals surface area (Å²) in [6.07, 6.45) is 0.00366. The van der Waals surface area contributed by atoms with Crippen molar-refractivity contribution in [3.8, 4) is 5.75 Å². The summed E-state index contributed by atoms with van der Waals surface area (Å²) in [6, 6.07) is 5.27. The maximum absolute atomic E-state index is 12.1. The molecule has 0 radical (unpaired) electrons. The van der Waals surface area contributed by atoms with Crippen LogP contribution in [0, 0.1) is 0 Å². The van der Waals surface area contributed by atoms with Crippen molar-refractivity contribution in [2.24, 2.45) is 0 Å². The van der Waals surface area contributed by atoms with Crippen LogP contribution < -0.4 is 15.4 Å². The molecule has 114 valence electrons. The lowest BCUT2D eigenvalue weighted by molar-refractivity contribution is 0.0944. The van der Waals surface area contributed by atoms with E-state index in [2.05, 4.69) is 10.6 Å². The lowest BCUT2D eigenvalue weighted by atomic mass is 10.1. The van der Waals surface area contributed by atoms with Crippen LogP contribution in [0.25, 0.3) is 0 Å². The summed E-state index contributed by atoms with van der Waals surface area (Å²) >= 11 is 5.94. The zero-order chi connectivity index (χ0) is 14.4. The van der Waals surface area contributed by atoms with Gasteiger partial charge < -0.3 is 15.4 Å². The number of ether oxygens (including phenoxy) is 1. The summed E-state index contributed by atoms with van der Waals surface area (Å²) in [6.45, 7) is 6.37. The molecule has 4 nitrogen and oxygen atoms in total. The number of hydrogen-bond donors (Lipinski definition) is 2. The summed E-state index contributed by atoms with van der Waals surface area (Å²) in [7, 11) is 1.85. The first-order valence-electron chi connectivity index (χ1n) is 6.35. The molecular formula is C14H22Cl2N2O2. The smallest absolute Gasteiger partial charge is 0.255 e. The van der Waals surface area contributed by atoms with E-state index in [1.807, 2.05) is 27.8 Å². The molecule has 0 aromatic heterocycles. The third kappa shape index (κ3) is 5.99. The molecule has 0 bridgehead atoms. The second-order valence-corrected chi connectivity index (χ2v) is 5.14. The molecule has 0 saturated carbocycles. The number of halogens is 2. The predicted octanol–water partition coefficient (Wildman–Crippen LogP) is 2.89. The van der Waals surface area contributed by atoms with E-state index in [1.54, 1.807) is 18.2 Å². The van der Waals surface area contributed by atoms with Gasteiger partial charge in [-0.1, -0.05) is 11.6 Å². The highest BCUT2D eigenvalue weighted by molar-refractivity contribution is 6.31. The van der Waals surface area contributed by atoms with E-state index < -0.39 is 0 Å². The van der Waals surface area contributed by atoms with Crippen LogP contribution in [0.3, 0.4) is 0 Å². The van der Waals surface area contributed by atoms with Gasteiger partial charge in [0.15, 0.2) is 0 Å². The normalized spacial score (nSPS) is 11.7. The molecule has 1 rings (SSSR count). The SMILES string of the molecule is CNC(C)CNC(=O)c1cc(Cl)ccc1OC(C)C.Cl. The Morgan fingerprint density at radius 3 is 2.55 bits per heavy atom. The minimum Gasteiger partial charge on any atom is -0.490 e. The standard InChI is InChI=1S/C14H21ClN2O2.ClH/c1-9(2)19-13-6-5-11(15)7-12(13)14(18)17-8-10(3)16-4;/h5-7,9-10,16H,8H2,1-4H3,(H,17,18);1H. The quantitative estimate of drug-likeness (QED) is 0.847. The Balaban J connectivity index is 0.00000361. The molecule has 0 aliphatic rings. The fourth-order valence-electron chi connectivity index (χ4n) is 1.48. The third-order valence-corrected chi connectivity index (χ3v) is 2.85. The molecule has 1 atom stereocenters. The monoisotopic (exact) mass is 320 g/mol. The largest absolute Gasteiger partial charge is 0.490 e. The Labute approximate surface area is 131 Å². The topological polar surface area (TPSA) is 50.4 Å². The molecule has 2 N–H and O–H groups in total. The number of amides is 1. The van der Waals surface area contributed by atoms with Gasteiger partial charge in [-0.2, -0.15) is 0 Å².